The van der Waals surface area contributed by atoms with Crippen LogP contribution in [-0.2, 0) is 0 Å². The summed E-state index contributed by atoms with van der Waals surface area (Å²) in [5, 5.41) is 13.2. The van der Waals surface area contributed by atoms with E-state index in [1.54, 1.807) is 0 Å². The Morgan fingerprint density at radius 3 is 2.38 bits per heavy atom. The summed E-state index contributed by atoms with van der Waals surface area (Å²) in [4.78, 5) is 2.51. The van der Waals surface area contributed by atoms with E-state index in [9.17, 15) is 5.11 Å². The van der Waals surface area contributed by atoms with Crippen molar-refractivity contribution in [2.45, 2.75) is 64.6 Å². The highest BCUT2D eigenvalue weighted by molar-refractivity contribution is 4.92. The molecule has 1 aliphatic heterocycles. The molecule has 0 radical (unpaired) electrons. The molecule has 1 unspecified atom stereocenters. The topological polar surface area (TPSA) is 35.5 Å². The predicted octanol–water partition coefficient (Wildman–Crippen LogP) is 1.61. The monoisotopic (exact) mass is 228 g/mol. The van der Waals surface area contributed by atoms with Crippen molar-refractivity contribution in [1.29, 1.82) is 0 Å². The number of aliphatic hydroxyl groups is 1. The Balaban J connectivity index is 2.60. The number of hydrogen-bond donors (Lipinski definition) is 2. The van der Waals surface area contributed by atoms with E-state index in [-0.39, 0.29) is 12.1 Å². The van der Waals surface area contributed by atoms with Gasteiger partial charge in [-0.25, -0.2) is 0 Å². The molecule has 1 heterocycles. The van der Waals surface area contributed by atoms with Gasteiger partial charge in [0.05, 0.1) is 6.61 Å². The number of likely N-dealkylation sites (tertiary alicyclic amines) is 1. The van der Waals surface area contributed by atoms with E-state index in [1.165, 1.54) is 13.0 Å². The lowest BCUT2D eigenvalue weighted by Gasteiger charge is -2.34. The van der Waals surface area contributed by atoms with Gasteiger partial charge < -0.3 is 15.3 Å². The average Bonchev–Trinajstić information content (AvgIpc) is 2.40. The first kappa shape index (κ1) is 13.9. The Hall–Kier alpha value is -0.120. The van der Waals surface area contributed by atoms with Crippen LogP contribution in [0, 0.1) is 0 Å². The zero-order chi connectivity index (χ0) is 12.2. The largest absolute Gasteiger partial charge is 0.394 e. The van der Waals surface area contributed by atoms with Gasteiger partial charge >= 0.3 is 0 Å². The number of nitrogens with one attached hydrogen (secondary N) is 1. The summed E-state index contributed by atoms with van der Waals surface area (Å²) in [5.74, 6) is 0. The third kappa shape index (κ3) is 3.72. The molecule has 0 aliphatic carbocycles. The molecule has 0 aromatic rings. The van der Waals surface area contributed by atoms with Gasteiger partial charge in [-0.15, -0.1) is 0 Å². The van der Waals surface area contributed by atoms with Crippen molar-refractivity contribution in [3.05, 3.63) is 0 Å². The smallest absolute Gasteiger partial charge is 0.0613 e. The first-order valence-corrected chi connectivity index (χ1v) is 6.62. The third-order valence-corrected chi connectivity index (χ3v) is 3.61. The van der Waals surface area contributed by atoms with Crippen LogP contribution in [0.5, 0.6) is 0 Å². The minimum absolute atomic E-state index is 0.0438. The Morgan fingerprint density at radius 2 is 1.88 bits per heavy atom. The molecule has 0 saturated carbocycles. The molecule has 1 saturated heterocycles. The van der Waals surface area contributed by atoms with Crippen LogP contribution < -0.4 is 5.32 Å². The zero-order valence-electron chi connectivity index (χ0n) is 11.3. The quantitative estimate of drug-likeness (QED) is 0.767. The molecule has 2 N–H and O–H groups in total. The molecule has 16 heavy (non-hydrogen) atoms. The molecule has 0 spiro atoms. The summed E-state index contributed by atoms with van der Waals surface area (Å²) in [6.07, 6.45) is 3.32. The third-order valence-electron chi connectivity index (χ3n) is 3.61. The standard InChI is InChI=1S/C13H28N2O/c1-11(2)14-13(10-16)6-5-8-15(9-7-13)12(3)4/h11-12,14,16H,5-10H2,1-4H3. The Kier molecular flexibility index (Phi) is 5.22. The molecule has 0 aromatic heterocycles. The van der Waals surface area contributed by atoms with Gasteiger partial charge in [0.25, 0.3) is 0 Å². The molecule has 0 amide bonds. The SMILES string of the molecule is CC(C)NC1(CO)CCCN(C(C)C)CC1. The molecule has 1 aliphatic rings. The maximum Gasteiger partial charge on any atom is 0.0613 e. The number of hydrogen-bond acceptors (Lipinski definition) is 3. The van der Waals surface area contributed by atoms with Crippen molar-refractivity contribution >= 4 is 0 Å². The maximum atomic E-state index is 9.66. The summed E-state index contributed by atoms with van der Waals surface area (Å²) in [5.41, 5.74) is -0.0438. The van der Waals surface area contributed by atoms with Crippen molar-refractivity contribution in [1.82, 2.24) is 10.2 Å². The van der Waals surface area contributed by atoms with E-state index in [0.717, 1.165) is 19.4 Å². The van der Waals surface area contributed by atoms with Crippen molar-refractivity contribution < 1.29 is 5.11 Å². The van der Waals surface area contributed by atoms with Crippen molar-refractivity contribution in [2.24, 2.45) is 0 Å². The van der Waals surface area contributed by atoms with Crippen LogP contribution in [0.4, 0.5) is 0 Å². The molecule has 1 rings (SSSR count). The molecular weight excluding hydrogens is 200 g/mol. The van der Waals surface area contributed by atoms with Gasteiger partial charge in [0, 0.05) is 24.2 Å². The van der Waals surface area contributed by atoms with Gasteiger partial charge in [0.2, 0.25) is 0 Å². The van der Waals surface area contributed by atoms with E-state index in [1.807, 2.05) is 0 Å². The number of aliphatic hydroxyl groups excluding tert-OH is 1. The van der Waals surface area contributed by atoms with Gasteiger partial charge in [0.15, 0.2) is 0 Å². The molecule has 3 nitrogen and oxygen atoms in total. The van der Waals surface area contributed by atoms with Crippen molar-refractivity contribution in [3.8, 4) is 0 Å². The van der Waals surface area contributed by atoms with Crippen LogP contribution in [0.25, 0.3) is 0 Å². The minimum atomic E-state index is -0.0438. The van der Waals surface area contributed by atoms with Gasteiger partial charge in [-0.2, -0.15) is 0 Å². The first-order chi connectivity index (χ1) is 7.49. The highest BCUT2D eigenvalue weighted by atomic mass is 16.3. The molecule has 1 fully saturated rings. The summed E-state index contributed by atoms with van der Waals surface area (Å²) in [6, 6.07) is 1.06. The van der Waals surface area contributed by atoms with E-state index < -0.39 is 0 Å². The van der Waals surface area contributed by atoms with Gasteiger partial charge in [-0.3, -0.25) is 0 Å². The van der Waals surface area contributed by atoms with Crippen LogP contribution in [-0.4, -0.2) is 47.3 Å². The fourth-order valence-corrected chi connectivity index (χ4v) is 2.69. The second-order valence-electron chi connectivity index (χ2n) is 5.72. The predicted molar refractivity (Wildman–Crippen MR) is 68.6 cm³/mol. The van der Waals surface area contributed by atoms with Gasteiger partial charge in [0.1, 0.15) is 0 Å². The molecule has 96 valence electrons. The van der Waals surface area contributed by atoms with E-state index in [4.69, 9.17) is 0 Å². The Bertz CT molecular complexity index is 206. The lowest BCUT2D eigenvalue weighted by atomic mass is 9.90. The molecule has 0 bridgehead atoms. The van der Waals surface area contributed by atoms with E-state index >= 15 is 0 Å². The highest BCUT2D eigenvalue weighted by Crippen LogP contribution is 2.23. The maximum absolute atomic E-state index is 9.66. The molecule has 3 heteroatoms. The number of nitrogens with zero attached hydrogens (tertiary/aromatic N) is 1. The molecule has 1 atom stereocenters. The highest BCUT2D eigenvalue weighted by Gasteiger charge is 2.32. The summed E-state index contributed by atoms with van der Waals surface area (Å²) in [7, 11) is 0. The van der Waals surface area contributed by atoms with Crippen LogP contribution in [0.2, 0.25) is 0 Å². The summed E-state index contributed by atoms with van der Waals surface area (Å²) < 4.78 is 0. The summed E-state index contributed by atoms with van der Waals surface area (Å²) in [6.45, 7) is 11.3. The Labute approximate surface area is 100 Å². The van der Waals surface area contributed by atoms with Crippen LogP contribution >= 0.6 is 0 Å². The fourth-order valence-electron chi connectivity index (χ4n) is 2.69. The van der Waals surface area contributed by atoms with Crippen LogP contribution in [0.15, 0.2) is 0 Å². The van der Waals surface area contributed by atoms with Crippen molar-refractivity contribution in [2.75, 3.05) is 19.7 Å². The lowest BCUT2D eigenvalue weighted by Crippen LogP contribution is -2.52. The lowest BCUT2D eigenvalue weighted by molar-refractivity contribution is 0.131. The van der Waals surface area contributed by atoms with Crippen molar-refractivity contribution in [3.63, 3.8) is 0 Å². The van der Waals surface area contributed by atoms with Gasteiger partial charge in [-0.05, 0) is 39.7 Å². The zero-order valence-corrected chi connectivity index (χ0v) is 11.3. The second-order valence-corrected chi connectivity index (χ2v) is 5.72. The summed E-state index contributed by atoms with van der Waals surface area (Å²) >= 11 is 0. The van der Waals surface area contributed by atoms with E-state index in [0.29, 0.717) is 12.1 Å². The average molecular weight is 228 g/mol. The second kappa shape index (κ2) is 5.99. The minimum Gasteiger partial charge on any atom is -0.394 e. The normalized spacial score (nSPS) is 28.7. The van der Waals surface area contributed by atoms with Crippen LogP contribution in [0.1, 0.15) is 47.0 Å². The fraction of sp³-hybridized carbons (Fsp3) is 1.00. The Morgan fingerprint density at radius 1 is 1.19 bits per heavy atom. The molecule has 0 aromatic carbocycles. The van der Waals surface area contributed by atoms with E-state index in [2.05, 4.69) is 37.9 Å². The first-order valence-electron chi connectivity index (χ1n) is 6.62. The van der Waals surface area contributed by atoms with Gasteiger partial charge in [-0.1, -0.05) is 13.8 Å². The molecular formula is C13H28N2O. The van der Waals surface area contributed by atoms with Crippen LogP contribution in [0.3, 0.4) is 0 Å². The number of rotatable bonds is 4.